The molecule has 0 N–H and O–H groups in total. The van der Waals surface area contributed by atoms with Crippen molar-refractivity contribution in [3.05, 3.63) is 12.3 Å². The Morgan fingerprint density at radius 2 is 2.21 bits per heavy atom. The lowest BCUT2D eigenvalue weighted by molar-refractivity contribution is -0.159. The van der Waals surface area contributed by atoms with Crippen LogP contribution in [0.4, 0.5) is 0 Å². The van der Waals surface area contributed by atoms with Gasteiger partial charge in [0.05, 0.1) is 0 Å². The van der Waals surface area contributed by atoms with Crippen molar-refractivity contribution < 1.29 is 9.53 Å². The molecule has 0 saturated carbocycles. The minimum absolute atomic E-state index is 0.0470. The van der Waals surface area contributed by atoms with Crippen LogP contribution in [0.3, 0.4) is 0 Å². The zero-order valence-corrected chi connectivity index (χ0v) is 8.99. The second-order valence-electron chi connectivity index (χ2n) is 5.01. The first-order valence-corrected chi connectivity index (χ1v) is 5.14. The van der Waals surface area contributed by atoms with Crippen molar-refractivity contribution >= 4 is 5.97 Å². The van der Waals surface area contributed by atoms with Crippen LogP contribution in [-0.4, -0.2) is 29.1 Å². The summed E-state index contributed by atoms with van der Waals surface area (Å²) in [6, 6.07) is -0.0470. The van der Waals surface area contributed by atoms with Gasteiger partial charge < -0.3 is 9.64 Å². The summed E-state index contributed by atoms with van der Waals surface area (Å²) in [5, 5.41) is 0. The molecule has 0 amide bonds. The Bertz CT molecular complexity index is 264. The van der Waals surface area contributed by atoms with E-state index in [0.717, 1.165) is 13.0 Å². The zero-order chi connectivity index (χ0) is 10.3. The quantitative estimate of drug-likeness (QED) is 0.594. The average Bonchev–Trinajstić information content (AvgIpc) is 2.57. The fourth-order valence-corrected chi connectivity index (χ4v) is 2.10. The van der Waals surface area contributed by atoms with E-state index in [1.165, 1.54) is 0 Å². The first-order valence-electron chi connectivity index (χ1n) is 5.14. The van der Waals surface area contributed by atoms with Crippen LogP contribution in [0.25, 0.3) is 0 Å². The molecule has 3 nitrogen and oxygen atoms in total. The second-order valence-corrected chi connectivity index (χ2v) is 5.01. The van der Waals surface area contributed by atoms with Gasteiger partial charge in [0.15, 0.2) is 0 Å². The summed E-state index contributed by atoms with van der Waals surface area (Å²) in [5.74, 6) is 0.301. The van der Waals surface area contributed by atoms with Crippen LogP contribution in [0.5, 0.6) is 0 Å². The van der Waals surface area contributed by atoms with E-state index in [9.17, 15) is 4.79 Å². The van der Waals surface area contributed by atoms with E-state index < -0.39 is 0 Å². The first-order chi connectivity index (χ1) is 6.47. The Labute approximate surface area is 84.7 Å². The summed E-state index contributed by atoms with van der Waals surface area (Å²) < 4.78 is 5.38. The van der Waals surface area contributed by atoms with Crippen molar-refractivity contribution in [3.8, 4) is 0 Å². The maximum atomic E-state index is 11.8. The molecule has 2 aliphatic heterocycles. The number of ether oxygens (including phenoxy) is 1. The summed E-state index contributed by atoms with van der Waals surface area (Å²) >= 11 is 0. The first kappa shape index (κ1) is 9.56. The van der Waals surface area contributed by atoms with Gasteiger partial charge >= 0.3 is 5.97 Å². The fraction of sp³-hybridized carbons (Fsp3) is 0.727. The van der Waals surface area contributed by atoms with Gasteiger partial charge in [-0.3, -0.25) is 0 Å². The fourth-order valence-electron chi connectivity index (χ4n) is 2.10. The molecule has 2 bridgehead atoms. The molecule has 1 saturated heterocycles. The highest BCUT2D eigenvalue weighted by molar-refractivity contribution is 5.78. The molecular weight excluding hydrogens is 178 g/mol. The van der Waals surface area contributed by atoms with E-state index in [-0.39, 0.29) is 17.6 Å². The summed E-state index contributed by atoms with van der Waals surface area (Å²) in [5.41, 5.74) is -0.375. The number of fused-ring (bicyclic) bond motifs is 2. The van der Waals surface area contributed by atoms with Crippen LogP contribution >= 0.6 is 0 Å². The van der Waals surface area contributed by atoms with E-state index in [4.69, 9.17) is 4.74 Å². The van der Waals surface area contributed by atoms with Gasteiger partial charge in [-0.25, -0.2) is 4.79 Å². The van der Waals surface area contributed by atoms with Gasteiger partial charge in [-0.05, 0) is 33.4 Å². The third kappa shape index (κ3) is 1.63. The lowest BCUT2D eigenvalue weighted by atomic mass is 10.0. The minimum Gasteiger partial charge on any atom is -0.458 e. The van der Waals surface area contributed by atoms with E-state index in [1.54, 1.807) is 0 Å². The molecule has 1 fully saturated rings. The van der Waals surface area contributed by atoms with Crippen LogP contribution in [0.15, 0.2) is 12.3 Å². The lowest BCUT2D eigenvalue weighted by Gasteiger charge is -2.25. The highest BCUT2D eigenvalue weighted by Crippen LogP contribution is 2.33. The van der Waals surface area contributed by atoms with Crippen molar-refractivity contribution in [1.29, 1.82) is 0 Å². The minimum atomic E-state index is -0.375. The van der Waals surface area contributed by atoms with Crippen LogP contribution in [0, 0.1) is 5.92 Å². The Hall–Kier alpha value is -0.990. The Kier molecular flexibility index (Phi) is 2.05. The molecule has 78 valence electrons. The topological polar surface area (TPSA) is 29.5 Å². The number of carbonyl (C=O) groups excluding carboxylic acids is 1. The van der Waals surface area contributed by atoms with Gasteiger partial charge in [-0.1, -0.05) is 6.08 Å². The molecule has 0 aromatic carbocycles. The molecule has 3 heteroatoms. The highest BCUT2D eigenvalue weighted by atomic mass is 16.6. The summed E-state index contributed by atoms with van der Waals surface area (Å²) in [6.45, 7) is 6.71. The van der Waals surface area contributed by atoms with Crippen LogP contribution < -0.4 is 0 Å². The summed E-state index contributed by atoms with van der Waals surface area (Å²) in [7, 11) is 0. The largest absolute Gasteiger partial charge is 0.458 e. The molecular formula is C11H17NO2. The number of nitrogens with zero attached hydrogens (tertiary/aromatic N) is 1. The predicted octanol–water partition coefficient (Wildman–Crippen LogP) is 1.55. The molecule has 2 atom stereocenters. The van der Waals surface area contributed by atoms with Gasteiger partial charge in [-0.2, -0.15) is 0 Å². The highest BCUT2D eigenvalue weighted by Gasteiger charge is 2.42. The SMILES string of the molecule is CC(C)(C)OC(=O)C1C2C=CN1CC2. The van der Waals surface area contributed by atoms with Gasteiger partial charge in [0.25, 0.3) is 0 Å². The Morgan fingerprint density at radius 3 is 2.57 bits per heavy atom. The van der Waals surface area contributed by atoms with Crippen LogP contribution in [0.2, 0.25) is 0 Å². The zero-order valence-electron chi connectivity index (χ0n) is 8.99. The molecule has 2 unspecified atom stereocenters. The lowest BCUT2D eigenvalue weighted by Crippen LogP contribution is -2.38. The van der Waals surface area contributed by atoms with Crippen molar-refractivity contribution in [2.24, 2.45) is 5.92 Å². The molecule has 0 spiro atoms. The number of esters is 1. The molecule has 0 aromatic rings. The van der Waals surface area contributed by atoms with Crippen LogP contribution in [0.1, 0.15) is 27.2 Å². The maximum absolute atomic E-state index is 11.8. The number of hydrogen-bond donors (Lipinski definition) is 0. The van der Waals surface area contributed by atoms with Crippen LogP contribution in [-0.2, 0) is 9.53 Å². The predicted molar refractivity (Wildman–Crippen MR) is 53.6 cm³/mol. The van der Waals surface area contributed by atoms with Gasteiger partial charge in [0, 0.05) is 12.5 Å². The van der Waals surface area contributed by atoms with Crippen molar-refractivity contribution in [1.82, 2.24) is 4.90 Å². The van der Waals surface area contributed by atoms with E-state index in [0.29, 0.717) is 5.92 Å². The molecule has 0 aliphatic carbocycles. The van der Waals surface area contributed by atoms with Crippen molar-refractivity contribution in [3.63, 3.8) is 0 Å². The Balaban J connectivity index is 2.01. The maximum Gasteiger partial charge on any atom is 0.329 e. The standard InChI is InChI=1S/C11H17NO2/c1-11(2,3)14-10(13)9-8-4-6-12(9)7-5-8/h4,6,8-9H,5,7H2,1-3H3. The molecule has 2 rings (SSSR count). The summed E-state index contributed by atoms with van der Waals surface area (Å²) in [4.78, 5) is 13.9. The third-order valence-corrected chi connectivity index (χ3v) is 2.66. The molecule has 14 heavy (non-hydrogen) atoms. The second kappa shape index (κ2) is 3.01. The molecule has 0 radical (unpaired) electrons. The number of rotatable bonds is 1. The monoisotopic (exact) mass is 195 g/mol. The van der Waals surface area contributed by atoms with Crippen molar-refractivity contribution in [2.75, 3.05) is 6.54 Å². The smallest absolute Gasteiger partial charge is 0.329 e. The van der Waals surface area contributed by atoms with Gasteiger partial charge in [0.1, 0.15) is 11.6 Å². The third-order valence-electron chi connectivity index (χ3n) is 2.66. The van der Waals surface area contributed by atoms with Gasteiger partial charge in [-0.15, -0.1) is 0 Å². The van der Waals surface area contributed by atoms with E-state index >= 15 is 0 Å². The normalized spacial score (nSPS) is 29.8. The summed E-state index contributed by atoms with van der Waals surface area (Å²) in [6.07, 6.45) is 5.21. The van der Waals surface area contributed by atoms with E-state index in [2.05, 4.69) is 11.0 Å². The van der Waals surface area contributed by atoms with E-state index in [1.807, 2.05) is 27.0 Å². The Morgan fingerprint density at radius 1 is 1.50 bits per heavy atom. The number of carbonyl (C=O) groups is 1. The molecule has 2 heterocycles. The van der Waals surface area contributed by atoms with Gasteiger partial charge in [0.2, 0.25) is 0 Å². The van der Waals surface area contributed by atoms with Crippen molar-refractivity contribution in [2.45, 2.75) is 38.8 Å². The number of hydrogen-bond acceptors (Lipinski definition) is 3. The average molecular weight is 195 g/mol. The molecule has 2 aliphatic rings. The molecule has 0 aromatic heterocycles.